The molecule has 6 nitrogen and oxygen atoms in total. The number of nitrogens with one attached hydrogen (secondary N) is 1. The molecule has 0 bridgehead atoms. The molecule has 1 saturated heterocycles. The number of nitrogens with zero attached hydrogens (tertiary/aromatic N) is 3. The molecular formula is C16H19ClN4O2S. The molecule has 1 atom stereocenters. The van der Waals surface area contributed by atoms with Crippen LogP contribution in [0.2, 0.25) is 5.02 Å². The summed E-state index contributed by atoms with van der Waals surface area (Å²) in [7, 11) is 1.60. The van der Waals surface area contributed by atoms with E-state index in [0.29, 0.717) is 24.2 Å². The molecule has 0 aliphatic carbocycles. The van der Waals surface area contributed by atoms with E-state index in [-0.39, 0.29) is 5.91 Å². The summed E-state index contributed by atoms with van der Waals surface area (Å²) in [5, 5.41) is 12.7. The molecule has 0 radical (unpaired) electrons. The summed E-state index contributed by atoms with van der Waals surface area (Å²) in [6, 6.07) is 7.92. The third-order valence-corrected chi connectivity index (χ3v) is 5.12. The van der Waals surface area contributed by atoms with Gasteiger partial charge >= 0.3 is 0 Å². The summed E-state index contributed by atoms with van der Waals surface area (Å²) in [6.45, 7) is 2.47. The van der Waals surface area contributed by atoms with Crippen molar-refractivity contribution in [2.75, 3.05) is 32.1 Å². The Morgan fingerprint density at radius 3 is 3.08 bits per heavy atom. The maximum Gasteiger partial charge on any atom is 0.240 e. The minimum absolute atomic E-state index is 0.0741. The van der Waals surface area contributed by atoms with E-state index >= 15 is 0 Å². The predicted molar refractivity (Wildman–Crippen MR) is 94.5 cm³/mol. The predicted octanol–water partition coefficient (Wildman–Crippen LogP) is 2.77. The zero-order chi connectivity index (χ0) is 16.9. The van der Waals surface area contributed by atoms with Gasteiger partial charge < -0.3 is 4.74 Å². The lowest BCUT2D eigenvalue weighted by Gasteiger charge is -2.15. The van der Waals surface area contributed by atoms with Crippen molar-refractivity contribution < 1.29 is 9.53 Å². The lowest BCUT2D eigenvalue weighted by molar-refractivity contribution is -0.117. The van der Waals surface area contributed by atoms with Gasteiger partial charge in [-0.25, -0.2) is 0 Å². The average Bonchev–Trinajstić information content (AvgIpc) is 3.18. The van der Waals surface area contributed by atoms with E-state index in [1.54, 1.807) is 7.11 Å². The number of carbonyl (C=O) groups is 1. The second kappa shape index (κ2) is 8.02. The van der Waals surface area contributed by atoms with Crippen LogP contribution in [0.1, 0.15) is 22.9 Å². The fraction of sp³-hybridized carbons (Fsp3) is 0.438. The Bertz CT molecular complexity index is 709. The lowest BCUT2D eigenvalue weighted by atomic mass is 9.98. The van der Waals surface area contributed by atoms with Crippen LogP contribution in [0.4, 0.5) is 5.13 Å². The number of hydrogen-bond acceptors (Lipinski definition) is 6. The van der Waals surface area contributed by atoms with Crippen molar-refractivity contribution >= 4 is 34.0 Å². The Morgan fingerprint density at radius 2 is 2.29 bits per heavy atom. The van der Waals surface area contributed by atoms with E-state index in [4.69, 9.17) is 16.3 Å². The normalized spacial score (nSPS) is 18.0. The van der Waals surface area contributed by atoms with Crippen molar-refractivity contribution in [2.45, 2.75) is 18.9 Å². The Labute approximate surface area is 149 Å². The average molecular weight is 367 g/mol. The molecule has 1 N–H and O–H groups in total. The summed E-state index contributed by atoms with van der Waals surface area (Å²) in [6.07, 6.45) is 1.01. The van der Waals surface area contributed by atoms with Gasteiger partial charge in [0.05, 0.1) is 6.54 Å². The van der Waals surface area contributed by atoms with Crippen LogP contribution in [-0.2, 0) is 16.1 Å². The van der Waals surface area contributed by atoms with Crippen molar-refractivity contribution in [3.05, 3.63) is 39.9 Å². The number of hydrogen-bond donors (Lipinski definition) is 1. The molecule has 0 unspecified atom stereocenters. The molecule has 1 aliphatic rings. The van der Waals surface area contributed by atoms with E-state index in [2.05, 4.69) is 26.5 Å². The molecule has 2 aromatic rings. The quantitative estimate of drug-likeness (QED) is 0.851. The van der Waals surface area contributed by atoms with Gasteiger partial charge in [0.2, 0.25) is 11.0 Å². The van der Waals surface area contributed by atoms with Crippen LogP contribution in [0.3, 0.4) is 0 Å². The van der Waals surface area contributed by atoms with E-state index in [9.17, 15) is 4.79 Å². The number of ether oxygens (including phenoxy) is 1. The molecule has 24 heavy (non-hydrogen) atoms. The van der Waals surface area contributed by atoms with Gasteiger partial charge in [0.25, 0.3) is 0 Å². The number of anilines is 1. The van der Waals surface area contributed by atoms with E-state index in [1.807, 2.05) is 18.2 Å². The maximum absolute atomic E-state index is 12.2. The highest BCUT2D eigenvalue weighted by Gasteiger charge is 2.26. The van der Waals surface area contributed by atoms with Crippen LogP contribution in [0.25, 0.3) is 0 Å². The molecule has 0 saturated carbocycles. The Morgan fingerprint density at radius 1 is 1.46 bits per heavy atom. The number of methoxy groups -OCH3 is 1. The summed E-state index contributed by atoms with van der Waals surface area (Å²) in [5.41, 5.74) is 1.16. The minimum Gasteiger partial charge on any atom is -0.377 e. The van der Waals surface area contributed by atoms with Crippen molar-refractivity contribution in [1.82, 2.24) is 15.1 Å². The first-order valence-electron chi connectivity index (χ1n) is 7.73. The number of amides is 1. The number of benzene rings is 1. The van der Waals surface area contributed by atoms with Gasteiger partial charge in [0.1, 0.15) is 11.6 Å². The lowest BCUT2D eigenvalue weighted by Crippen LogP contribution is -2.31. The summed E-state index contributed by atoms with van der Waals surface area (Å²) >= 11 is 7.60. The van der Waals surface area contributed by atoms with Crippen molar-refractivity contribution in [1.29, 1.82) is 0 Å². The van der Waals surface area contributed by atoms with Crippen LogP contribution in [0.15, 0.2) is 24.3 Å². The molecule has 8 heteroatoms. The van der Waals surface area contributed by atoms with Crippen LogP contribution >= 0.6 is 22.9 Å². The molecular weight excluding hydrogens is 348 g/mol. The topological polar surface area (TPSA) is 67.4 Å². The third kappa shape index (κ3) is 4.30. The second-order valence-corrected chi connectivity index (χ2v) is 7.19. The first-order chi connectivity index (χ1) is 11.7. The summed E-state index contributed by atoms with van der Waals surface area (Å²) < 4.78 is 4.99. The molecule has 2 heterocycles. The van der Waals surface area contributed by atoms with Crippen LogP contribution < -0.4 is 5.32 Å². The van der Waals surface area contributed by atoms with Crippen LogP contribution in [0.5, 0.6) is 0 Å². The largest absolute Gasteiger partial charge is 0.377 e. The minimum atomic E-state index is -0.0741. The summed E-state index contributed by atoms with van der Waals surface area (Å²) in [4.78, 5) is 14.3. The second-order valence-electron chi connectivity index (χ2n) is 5.72. The smallest absolute Gasteiger partial charge is 0.240 e. The fourth-order valence-electron chi connectivity index (χ4n) is 2.88. The number of halogens is 1. The summed E-state index contributed by atoms with van der Waals surface area (Å²) in [5.74, 6) is 0.302. The Balaban J connectivity index is 1.51. The van der Waals surface area contributed by atoms with Crippen LogP contribution in [-0.4, -0.2) is 47.7 Å². The Hall–Kier alpha value is -1.54. The molecule has 1 aromatic heterocycles. The maximum atomic E-state index is 12.2. The monoisotopic (exact) mass is 366 g/mol. The molecule has 3 rings (SSSR count). The van der Waals surface area contributed by atoms with E-state index < -0.39 is 0 Å². The SMILES string of the molecule is COCc1nnc(NC(=O)CN2CC[C@H](c3ccccc3Cl)C2)s1. The number of aromatic nitrogens is 2. The van der Waals surface area contributed by atoms with Gasteiger partial charge in [-0.3, -0.25) is 15.0 Å². The number of likely N-dealkylation sites (tertiary alicyclic amines) is 1. The standard InChI is InChI=1S/C16H19ClN4O2S/c1-23-10-15-19-20-16(24-15)18-14(22)9-21-7-6-11(8-21)12-4-2-3-5-13(12)17/h2-5,11H,6-10H2,1H3,(H,18,20,22)/t11-/m0/s1. The van der Waals surface area contributed by atoms with Gasteiger partial charge in [-0.15, -0.1) is 10.2 Å². The molecule has 1 aromatic carbocycles. The molecule has 1 aliphatic heterocycles. The van der Waals surface area contributed by atoms with Gasteiger partial charge in [0.15, 0.2) is 0 Å². The highest BCUT2D eigenvalue weighted by Crippen LogP contribution is 2.31. The number of carbonyl (C=O) groups excluding carboxylic acids is 1. The van der Waals surface area contributed by atoms with Gasteiger partial charge in [0, 0.05) is 18.7 Å². The van der Waals surface area contributed by atoms with Gasteiger partial charge in [-0.2, -0.15) is 0 Å². The van der Waals surface area contributed by atoms with Crippen molar-refractivity contribution in [3.8, 4) is 0 Å². The molecule has 0 spiro atoms. The highest BCUT2D eigenvalue weighted by molar-refractivity contribution is 7.15. The van der Waals surface area contributed by atoms with Gasteiger partial charge in [-0.1, -0.05) is 41.1 Å². The highest BCUT2D eigenvalue weighted by atomic mass is 35.5. The van der Waals surface area contributed by atoms with E-state index in [0.717, 1.165) is 35.1 Å². The van der Waals surface area contributed by atoms with Crippen molar-refractivity contribution in [2.24, 2.45) is 0 Å². The first-order valence-corrected chi connectivity index (χ1v) is 8.93. The molecule has 1 amide bonds. The van der Waals surface area contributed by atoms with Gasteiger partial charge in [-0.05, 0) is 30.5 Å². The zero-order valence-electron chi connectivity index (χ0n) is 13.4. The fourth-order valence-corrected chi connectivity index (χ4v) is 3.90. The first kappa shape index (κ1) is 17.3. The number of rotatable bonds is 6. The zero-order valence-corrected chi connectivity index (χ0v) is 14.9. The molecule has 1 fully saturated rings. The molecule has 128 valence electrons. The Kier molecular flexibility index (Phi) is 5.78. The van der Waals surface area contributed by atoms with Crippen LogP contribution in [0, 0.1) is 0 Å². The van der Waals surface area contributed by atoms with E-state index in [1.165, 1.54) is 11.3 Å². The van der Waals surface area contributed by atoms with Crippen molar-refractivity contribution in [3.63, 3.8) is 0 Å². The third-order valence-electron chi connectivity index (χ3n) is 3.97.